The van der Waals surface area contributed by atoms with Gasteiger partial charge in [-0.3, -0.25) is 4.68 Å². The summed E-state index contributed by atoms with van der Waals surface area (Å²) in [6.45, 7) is 12.7. The molecule has 0 spiro atoms. The molecule has 5 nitrogen and oxygen atoms in total. The number of ether oxygens (including phenoxy) is 1. The monoisotopic (exact) mass is 310 g/mol. The van der Waals surface area contributed by atoms with Crippen LogP contribution in [0.2, 0.25) is 18.1 Å². The lowest BCUT2D eigenvalue weighted by Gasteiger charge is -2.36. The van der Waals surface area contributed by atoms with Crippen molar-refractivity contribution in [2.24, 2.45) is 7.05 Å². The third-order valence-corrected chi connectivity index (χ3v) is 8.01. The van der Waals surface area contributed by atoms with E-state index in [1.807, 2.05) is 13.2 Å². The van der Waals surface area contributed by atoms with Crippen molar-refractivity contribution in [1.29, 1.82) is 0 Å². The minimum absolute atomic E-state index is 0.00746. The Balaban J connectivity index is 3.09. The van der Waals surface area contributed by atoms with Gasteiger partial charge in [0.05, 0.1) is 12.8 Å². The molecule has 0 fully saturated rings. The number of nitrogens with zero attached hydrogens (tertiary/aromatic N) is 2. The SMILES string of the molecule is CCOC(=O)/C(=C/c1cnn(C)c1)O[Si](C)(C)C(C)(C)C. The topological polar surface area (TPSA) is 53.3 Å². The Bertz CT molecular complexity index is 527. The molecule has 0 aliphatic carbocycles. The van der Waals surface area contributed by atoms with E-state index in [0.29, 0.717) is 6.61 Å². The van der Waals surface area contributed by atoms with Gasteiger partial charge >= 0.3 is 5.97 Å². The zero-order valence-corrected chi connectivity index (χ0v) is 15.1. The largest absolute Gasteiger partial charge is 0.539 e. The third kappa shape index (κ3) is 4.73. The van der Waals surface area contributed by atoms with Gasteiger partial charge in [0.25, 0.3) is 8.32 Å². The summed E-state index contributed by atoms with van der Waals surface area (Å²) < 4.78 is 12.9. The number of aromatic nitrogens is 2. The summed E-state index contributed by atoms with van der Waals surface area (Å²) in [6.07, 6.45) is 5.22. The first-order valence-corrected chi connectivity index (χ1v) is 10.0. The van der Waals surface area contributed by atoms with E-state index in [1.165, 1.54) is 0 Å². The Hall–Kier alpha value is -1.56. The highest BCUT2D eigenvalue weighted by molar-refractivity contribution is 6.74. The summed E-state index contributed by atoms with van der Waals surface area (Å²) in [5.41, 5.74) is 0.819. The van der Waals surface area contributed by atoms with Gasteiger partial charge in [-0.05, 0) is 31.1 Å². The second-order valence-corrected chi connectivity index (χ2v) is 11.3. The maximum atomic E-state index is 12.1. The Morgan fingerprint density at radius 1 is 1.43 bits per heavy atom. The summed E-state index contributed by atoms with van der Waals surface area (Å²) in [5, 5.41) is 4.10. The third-order valence-electron chi connectivity index (χ3n) is 3.67. The Labute approximate surface area is 128 Å². The second-order valence-electron chi connectivity index (χ2n) is 6.54. The maximum absolute atomic E-state index is 12.1. The molecule has 0 amide bonds. The number of esters is 1. The second kappa shape index (κ2) is 6.47. The van der Waals surface area contributed by atoms with Crippen molar-refractivity contribution >= 4 is 20.4 Å². The molecule has 0 aromatic carbocycles. The van der Waals surface area contributed by atoms with Crippen LogP contribution in [-0.4, -0.2) is 30.7 Å². The van der Waals surface area contributed by atoms with E-state index in [4.69, 9.17) is 9.16 Å². The molecule has 0 saturated heterocycles. The quantitative estimate of drug-likeness (QED) is 0.362. The highest BCUT2D eigenvalue weighted by atomic mass is 28.4. The fourth-order valence-corrected chi connectivity index (χ4v) is 2.42. The van der Waals surface area contributed by atoms with Crippen LogP contribution < -0.4 is 0 Å². The lowest BCUT2D eigenvalue weighted by Crippen LogP contribution is -2.41. The van der Waals surface area contributed by atoms with Crippen LogP contribution in [0.4, 0.5) is 0 Å². The Morgan fingerprint density at radius 3 is 2.48 bits per heavy atom. The normalized spacial score (nSPS) is 13.2. The molecular weight excluding hydrogens is 284 g/mol. The molecule has 0 aliphatic rings. The zero-order chi connectivity index (χ0) is 16.3. The van der Waals surface area contributed by atoms with Crippen LogP contribution in [-0.2, 0) is 21.0 Å². The van der Waals surface area contributed by atoms with Gasteiger partial charge in [-0.1, -0.05) is 20.8 Å². The number of hydrogen-bond donors (Lipinski definition) is 0. The molecule has 0 saturated carbocycles. The van der Waals surface area contributed by atoms with E-state index in [2.05, 4.69) is 39.0 Å². The summed E-state index contributed by atoms with van der Waals surface area (Å²) in [4.78, 5) is 12.1. The average Bonchev–Trinajstić information content (AvgIpc) is 2.72. The predicted molar refractivity (Wildman–Crippen MR) is 86.1 cm³/mol. The predicted octanol–water partition coefficient (Wildman–Crippen LogP) is 3.35. The van der Waals surface area contributed by atoms with Crippen molar-refractivity contribution in [3.8, 4) is 0 Å². The zero-order valence-electron chi connectivity index (χ0n) is 14.1. The van der Waals surface area contributed by atoms with Crippen molar-refractivity contribution < 1.29 is 14.0 Å². The maximum Gasteiger partial charge on any atom is 0.372 e. The van der Waals surface area contributed by atoms with Gasteiger partial charge in [-0.15, -0.1) is 0 Å². The van der Waals surface area contributed by atoms with E-state index in [-0.39, 0.29) is 10.8 Å². The molecule has 0 unspecified atom stereocenters. The first kappa shape index (κ1) is 17.5. The minimum atomic E-state index is -2.10. The van der Waals surface area contributed by atoms with Gasteiger partial charge in [0, 0.05) is 18.8 Å². The van der Waals surface area contributed by atoms with E-state index in [0.717, 1.165) is 5.56 Å². The van der Waals surface area contributed by atoms with Crippen LogP contribution >= 0.6 is 0 Å². The molecular formula is C15H26N2O3Si. The molecule has 6 heteroatoms. The number of hydrogen-bond acceptors (Lipinski definition) is 4. The van der Waals surface area contributed by atoms with Crippen LogP contribution in [0, 0.1) is 0 Å². The van der Waals surface area contributed by atoms with Crippen LogP contribution in [0.25, 0.3) is 6.08 Å². The molecule has 118 valence electrons. The first-order chi connectivity index (χ1) is 9.56. The van der Waals surface area contributed by atoms with Crippen molar-refractivity contribution in [1.82, 2.24) is 9.78 Å². The fraction of sp³-hybridized carbons (Fsp3) is 0.600. The van der Waals surface area contributed by atoms with Gasteiger partial charge in [0.2, 0.25) is 0 Å². The Kier molecular flexibility index (Phi) is 5.39. The van der Waals surface area contributed by atoms with Crippen LogP contribution in [0.3, 0.4) is 0 Å². The highest BCUT2D eigenvalue weighted by Crippen LogP contribution is 2.38. The van der Waals surface area contributed by atoms with Crippen LogP contribution in [0.15, 0.2) is 18.2 Å². The Morgan fingerprint density at radius 2 is 2.05 bits per heavy atom. The van der Waals surface area contributed by atoms with Crippen LogP contribution in [0.1, 0.15) is 33.3 Å². The lowest BCUT2D eigenvalue weighted by atomic mass is 10.2. The minimum Gasteiger partial charge on any atom is -0.539 e. The molecule has 0 N–H and O–H groups in total. The van der Waals surface area contributed by atoms with Gasteiger partial charge < -0.3 is 9.16 Å². The lowest BCUT2D eigenvalue weighted by molar-refractivity contribution is -0.141. The summed E-state index contributed by atoms with van der Waals surface area (Å²) in [6, 6.07) is 0. The van der Waals surface area contributed by atoms with Crippen LogP contribution in [0.5, 0.6) is 0 Å². The molecule has 21 heavy (non-hydrogen) atoms. The summed E-state index contributed by atoms with van der Waals surface area (Å²) in [7, 11) is -0.274. The summed E-state index contributed by atoms with van der Waals surface area (Å²) in [5.74, 6) is -0.164. The average molecular weight is 310 g/mol. The van der Waals surface area contributed by atoms with E-state index >= 15 is 0 Å². The number of carbonyl (C=O) groups is 1. The smallest absolute Gasteiger partial charge is 0.372 e. The first-order valence-electron chi connectivity index (χ1n) is 7.13. The molecule has 0 aliphatic heterocycles. The van der Waals surface area contributed by atoms with Crippen molar-refractivity contribution in [2.75, 3.05) is 6.61 Å². The van der Waals surface area contributed by atoms with E-state index in [1.54, 1.807) is 23.9 Å². The van der Waals surface area contributed by atoms with Gasteiger partial charge in [0.15, 0.2) is 5.76 Å². The van der Waals surface area contributed by atoms with E-state index < -0.39 is 14.3 Å². The highest BCUT2D eigenvalue weighted by Gasteiger charge is 2.40. The number of rotatable bonds is 5. The van der Waals surface area contributed by atoms with Crippen molar-refractivity contribution in [2.45, 2.75) is 45.8 Å². The van der Waals surface area contributed by atoms with Gasteiger partial charge in [-0.25, -0.2) is 4.79 Å². The molecule has 1 heterocycles. The molecule has 1 aromatic heterocycles. The molecule has 0 atom stereocenters. The molecule has 1 aromatic rings. The molecule has 1 rings (SSSR count). The summed E-state index contributed by atoms with van der Waals surface area (Å²) >= 11 is 0. The number of aryl methyl sites for hydroxylation is 1. The van der Waals surface area contributed by atoms with Gasteiger partial charge in [-0.2, -0.15) is 5.10 Å². The van der Waals surface area contributed by atoms with E-state index in [9.17, 15) is 4.79 Å². The van der Waals surface area contributed by atoms with Crippen molar-refractivity contribution in [3.63, 3.8) is 0 Å². The fourth-order valence-electron chi connectivity index (χ4n) is 1.43. The molecule has 0 radical (unpaired) electrons. The molecule has 0 bridgehead atoms. The standard InChI is InChI=1S/C15H26N2O3Si/c1-8-19-14(18)13(9-12-10-16-17(5)11-12)20-21(6,7)15(2,3)4/h9-11H,8H2,1-7H3/b13-9-. The van der Waals surface area contributed by atoms with Crippen molar-refractivity contribution in [3.05, 3.63) is 23.7 Å². The number of carbonyl (C=O) groups excluding carboxylic acids is 1. The van der Waals surface area contributed by atoms with Gasteiger partial charge in [0.1, 0.15) is 0 Å².